The minimum Gasteiger partial charge on any atom is -0.376 e. The molecule has 0 saturated heterocycles. The van der Waals surface area contributed by atoms with E-state index in [1.165, 1.54) is 11.1 Å². The van der Waals surface area contributed by atoms with Crippen LogP contribution in [0.1, 0.15) is 22.4 Å². The molecule has 3 aromatic rings. The number of fused-ring (bicyclic) bond motifs is 2. The molecule has 2 amide bonds. The average Bonchev–Trinajstić information content (AvgIpc) is 3.01. The minimum atomic E-state index is -0.273. The van der Waals surface area contributed by atoms with Gasteiger partial charge in [0.15, 0.2) is 5.65 Å². The van der Waals surface area contributed by atoms with Gasteiger partial charge >= 0.3 is 6.03 Å². The van der Waals surface area contributed by atoms with E-state index in [-0.39, 0.29) is 6.03 Å². The monoisotopic (exact) mass is 337 g/mol. The lowest BCUT2D eigenvalue weighted by Crippen LogP contribution is -2.30. The van der Waals surface area contributed by atoms with Crippen LogP contribution >= 0.6 is 0 Å². The molecule has 0 saturated carbocycles. The van der Waals surface area contributed by atoms with Crippen LogP contribution in [0.25, 0.3) is 5.65 Å². The molecule has 0 radical (unpaired) electrons. The second kappa shape index (κ2) is 6.52. The van der Waals surface area contributed by atoms with Crippen LogP contribution in [0.5, 0.6) is 0 Å². The number of nitrogens with zero attached hydrogens (tertiary/aromatic N) is 3. The van der Waals surface area contributed by atoms with Gasteiger partial charge in [0.25, 0.3) is 0 Å². The number of amides is 2. The largest absolute Gasteiger partial charge is 0.376 e. The van der Waals surface area contributed by atoms with Crippen molar-refractivity contribution >= 4 is 17.5 Å². The number of urea groups is 1. The van der Waals surface area contributed by atoms with Crippen molar-refractivity contribution in [3.63, 3.8) is 0 Å². The van der Waals surface area contributed by atoms with Crippen LogP contribution in [0, 0.1) is 6.92 Å². The fraction of sp³-hybridized carbons (Fsp3) is 0.278. The molecule has 3 heterocycles. The zero-order valence-electron chi connectivity index (χ0n) is 14.0. The summed E-state index contributed by atoms with van der Waals surface area (Å²) in [6, 6.07) is 9.44. The van der Waals surface area contributed by atoms with Gasteiger partial charge in [-0.05, 0) is 36.1 Å². The van der Waals surface area contributed by atoms with Crippen molar-refractivity contribution in [1.29, 1.82) is 0 Å². The fourth-order valence-electron chi connectivity index (χ4n) is 3.11. The fourth-order valence-corrected chi connectivity index (χ4v) is 3.11. The Hall–Kier alpha value is -2.93. The molecule has 1 aromatic carbocycles. The lowest BCUT2D eigenvalue weighted by molar-refractivity contribution is 0.110. The number of carbonyl (C=O) groups excluding carboxylic acids is 1. The van der Waals surface area contributed by atoms with Crippen molar-refractivity contribution in [2.75, 3.05) is 11.9 Å². The van der Waals surface area contributed by atoms with Gasteiger partial charge in [0, 0.05) is 18.8 Å². The molecule has 7 heteroatoms. The number of aryl methyl sites for hydroxylation is 1. The predicted octanol–water partition coefficient (Wildman–Crippen LogP) is 2.43. The van der Waals surface area contributed by atoms with Gasteiger partial charge in [-0.25, -0.2) is 9.78 Å². The van der Waals surface area contributed by atoms with Crippen LogP contribution < -0.4 is 10.6 Å². The number of hydrogen-bond acceptors (Lipinski definition) is 4. The van der Waals surface area contributed by atoms with E-state index in [1.54, 1.807) is 16.8 Å². The van der Waals surface area contributed by atoms with Gasteiger partial charge in [-0.1, -0.05) is 18.2 Å². The first-order valence-electron chi connectivity index (χ1n) is 8.24. The molecule has 25 heavy (non-hydrogen) atoms. The lowest BCUT2D eigenvalue weighted by atomic mass is 9.97. The van der Waals surface area contributed by atoms with Crippen molar-refractivity contribution in [3.05, 3.63) is 58.9 Å². The normalized spacial score (nSPS) is 13.5. The molecule has 0 atom stereocenters. The maximum Gasteiger partial charge on any atom is 0.320 e. The number of ether oxygens (including phenoxy) is 1. The summed E-state index contributed by atoms with van der Waals surface area (Å²) in [5.41, 5.74) is 5.16. The lowest BCUT2D eigenvalue weighted by Gasteiger charge is -2.20. The van der Waals surface area contributed by atoms with E-state index in [4.69, 9.17) is 4.74 Å². The number of rotatable bonds is 3. The van der Waals surface area contributed by atoms with E-state index < -0.39 is 0 Å². The van der Waals surface area contributed by atoms with Crippen molar-refractivity contribution in [3.8, 4) is 0 Å². The number of benzene rings is 1. The number of carbonyl (C=O) groups is 1. The number of aromatic nitrogens is 3. The highest BCUT2D eigenvalue weighted by Gasteiger charge is 2.14. The first-order chi connectivity index (χ1) is 12.2. The molecule has 0 bridgehead atoms. The first kappa shape index (κ1) is 15.6. The topological polar surface area (TPSA) is 80.5 Å². The Morgan fingerprint density at radius 3 is 3.20 bits per heavy atom. The van der Waals surface area contributed by atoms with Crippen molar-refractivity contribution in [2.24, 2.45) is 0 Å². The molecule has 0 fully saturated rings. The summed E-state index contributed by atoms with van der Waals surface area (Å²) in [5.74, 6) is 0.582. The maximum atomic E-state index is 12.3. The number of anilines is 1. The number of nitrogens with one attached hydrogen (secondary N) is 2. The van der Waals surface area contributed by atoms with Crippen LogP contribution in [0.15, 0.2) is 36.5 Å². The van der Waals surface area contributed by atoms with Gasteiger partial charge in [-0.2, -0.15) is 9.61 Å². The highest BCUT2D eigenvalue weighted by atomic mass is 16.5. The molecule has 128 valence electrons. The average molecular weight is 337 g/mol. The SMILES string of the molecule is Cc1cc2nccc(NC(=O)NCc3cccc4c3CCOC4)n2n1. The third-order valence-corrected chi connectivity index (χ3v) is 4.29. The number of hydrogen-bond donors (Lipinski definition) is 2. The van der Waals surface area contributed by atoms with E-state index in [1.807, 2.05) is 25.1 Å². The second-order valence-corrected chi connectivity index (χ2v) is 6.05. The van der Waals surface area contributed by atoms with E-state index in [0.717, 1.165) is 24.3 Å². The van der Waals surface area contributed by atoms with Gasteiger partial charge in [-0.15, -0.1) is 0 Å². The Morgan fingerprint density at radius 1 is 1.36 bits per heavy atom. The molecule has 2 aromatic heterocycles. The van der Waals surface area contributed by atoms with E-state index in [2.05, 4.69) is 26.8 Å². The molecule has 0 spiro atoms. The van der Waals surface area contributed by atoms with Gasteiger partial charge in [0.05, 0.1) is 18.9 Å². The van der Waals surface area contributed by atoms with Gasteiger partial charge in [-0.3, -0.25) is 5.32 Å². The molecule has 2 N–H and O–H groups in total. The quantitative estimate of drug-likeness (QED) is 0.769. The van der Waals surface area contributed by atoms with Crippen LogP contribution in [0.3, 0.4) is 0 Å². The minimum absolute atomic E-state index is 0.273. The molecular formula is C18H19N5O2. The third kappa shape index (κ3) is 3.18. The molecule has 4 rings (SSSR count). The third-order valence-electron chi connectivity index (χ3n) is 4.29. The smallest absolute Gasteiger partial charge is 0.320 e. The van der Waals surface area contributed by atoms with Crippen LogP contribution in [-0.4, -0.2) is 27.2 Å². The Balaban J connectivity index is 1.46. The second-order valence-electron chi connectivity index (χ2n) is 6.05. The predicted molar refractivity (Wildman–Crippen MR) is 93.4 cm³/mol. The zero-order chi connectivity index (χ0) is 17.2. The standard InChI is InChI=1S/C18H19N5O2/c1-12-9-17-19-7-5-16(23(17)22-12)21-18(24)20-10-13-3-2-4-14-11-25-8-6-15(13)14/h2-5,7,9H,6,8,10-11H2,1H3,(H2,20,21,24). The summed E-state index contributed by atoms with van der Waals surface area (Å²) in [5, 5.41) is 10.1. The van der Waals surface area contributed by atoms with Crippen LogP contribution in [-0.2, 0) is 24.3 Å². The highest BCUT2D eigenvalue weighted by molar-refractivity contribution is 5.88. The zero-order valence-corrected chi connectivity index (χ0v) is 14.0. The Bertz CT molecular complexity index is 934. The summed E-state index contributed by atoms with van der Waals surface area (Å²) in [6.45, 7) is 3.73. The van der Waals surface area contributed by atoms with Gasteiger partial charge in [0.1, 0.15) is 5.82 Å². The maximum absolute atomic E-state index is 12.3. The van der Waals surface area contributed by atoms with Gasteiger partial charge < -0.3 is 10.1 Å². The van der Waals surface area contributed by atoms with Crippen molar-refractivity contribution in [2.45, 2.75) is 26.5 Å². The van der Waals surface area contributed by atoms with Crippen LogP contribution in [0.4, 0.5) is 10.6 Å². The molecule has 7 nitrogen and oxygen atoms in total. The first-order valence-corrected chi connectivity index (χ1v) is 8.24. The van der Waals surface area contributed by atoms with E-state index in [0.29, 0.717) is 24.6 Å². The summed E-state index contributed by atoms with van der Waals surface area (Å²) >= 11 is 0. The van der Waals surface area contributed by atoms with Crippen molar-refractivity contribution < 1.29 is 9.53 Å². The summed E-state index contributed by atoms with van der Waals surface area (Å²) in [4.78, 5) is 16.5. The molecule has 0 aliphatic carbocycles. The molecule has 1 aliphatic heterocycles. The van der Waals surface area contributed by atoms with Gasteiger partial charge in [0.2, 0.25) is 0 Å². The highest BCUT2D eigenvalue weighted by Crippen LogP contribution is 2.20. The summed E-state index contributed by atoms with van der Waals surface area (Å²) in [7, 11) is 0. The molecule has 1 aliphatic rings. The summed E-state index contributed by atoms with van der Waals surface area (Å²) in [6.07, 6.45) is 2.53. The summed E-state index contributed by atoms with van der Waals surface area (Å²) < 4.78 is 7.10. The Labute approximate surface area is 145 Å². The van der Waals surface area contributed by atoms with Crippen LogP contribution in [0.2, 0.25) is 0 Å². The van der Waals surface area contributed by atoms with E-state index >= 15 is 0 Å². The molecule has 0 unspecified atom stereocenters. The Morgan fingerprint density at radius 2 is 2.28 bits per heavy atom. The van der Waals surface area contributed by atoms with E-state index in [9.17, 15) is 4.79 Å². The van der Waals surface area contributed by atoms with Crippen molar-refractivity contribution in [1.82, 2.24) is 19.9 Å². The molecular weight excluding hydrogens is 318 g/mol. The Kier molecular flexibility index (Phi) is 4.07.